The minimum absolute atomic E-state index is 0.145. The number of benzene rings is 1. The normalized spacial score (nSPS) is 13.5. The number of anilines is 1. The molecule has 21 heavy (non-hydrogen) atoms. The zero-order valence-corrected chi connectivity index (χ0v) is 11.2. The van der Waals surface area contributed by atoms with Crippen LogP contribution < -0.4 is 9.64 Å². The number of hydrogen-bond acceptors (Lipinski definition) is 5. The average molecular weight is 285 g/mol. The van der Waals surface area contributed by atoms with E-state index in [0.717, 1.165) is 4.90 Å². The fourth-order valence-corrected chi connectivity index (χ4v) is 2.22. The van der Waals surface area contributed by atoms with Crippen LogP contribution in [0.5, 0.6) is 5.75 Å². The second-order valence-electron chi connectivity index (χ2n) is 4.50. The smallest absolute Gasteiger partial charge is 0.299 e. The minimum Gasteiger partial charge on any atom is -0.497 e. The Morgan fingerprint density at radius 2 is 2.10 bits per heavy atom. The number of carbonyl (C=O) groups is 3. The molecule has 0 aliphatic carbocycles. The summed E-state index contributed by atoms with van der Waals surface area (Å²) in [7, 11) is 1.48. The summed E-state index contributed by atoms with van der Waals surface area (Å²) in [5, 5.41) is 0. The van der Waals surface area contributed by atoms with Gasteiger partial charge >= 0.3 is 0 Å². The summed E-state index contributed by atoms with van der Waals surface area (Å²) in [5.41, 5.74) is 0.650. The fourth-order valence-electron chi connectivity index (χ4n) is 2.22. The summed E-state index contributed by atoms with van der Waals surface area (Å²) in [4.78, 5) is 37.1. The van der Waals surface area contributed by atoms with Gasteiger partial charge in [-0.05, 0) is 24.3 Å². The number of ether oxygens (including phenoxy) is 1. The van der Waals surface area contributed by atoms with Crippen molar-refractivity contribution < 1.29 is 23.5 Å². The molecule has 1 aliphatic rings. The molecule has 3 rings (SSSR count). The number of nitrogens with zero attached hydrogens (tertiary/aromatic N) is 1. The van der Waals surface area contributed by atoms with Gasteiger partial charge in [0.25, 0.3) is 11.7 Å². The zero-order valence-electron chi connectivity index (χ0n) is 11.2. The summed E-state index contributed by atoms with van der Waals surface area (Å²) < 4.78 is 10.1. The quantitative estimate of drug-likeness (QED) is 0.631. The highest BCUT2D eigenvalue weighted by molar-refractivity contribution is 6.52. The van der Waals surface area contributed by atoms with Gasteiger partial charge in [0.1, 0.15) is 5.75 Å². The summed E-state index contributed by atoms with van der Waals surface area (Å²) in [6.07, 6.45) is 1.38. The number of amides is 1. The van der Waals surface area contributed by atoms with Crippen LogP contribution in [0.1, 0.15) is 20.9 Å². The minimum atomic E-state index is -0.724. The van der Waals surface area contributed by atoms with E-state index in [1.807, 2.05) is 0 Å². The molecule has 0 saturated heterocycles. The molecule has 0 saturated carbocycles. The lowest BCUT2D eigenvalue weighted by Gasteiger charge is -2.15. The third kappa shape index (κ3) is 2.10. The van der Waals surface area contributed by atoms with E-state index in [2.05, 4.69) is 0 Å². The molecule has 1 aliphatic heterocycles. The number of rotatable bonds is 4. The van der Waals surface area contributed by atoms with Crippen LogP contribution in [0.25, 0.3) is 0 Å². The number of carbonyl (C=O) groups excluding carboxylic acids is 3. The van der Waals surface area contributed by atoms with Crippen molar-refractivity contribution in [3.05, 3.63) is 47.9 Å². The fraction of sp³-hybridized carbons (Fsp3) is 0.133. The van der Waals surface area contributed by atoms with E-state index >= 15 is 0 Å². The monoisotopic (exact) mass is 285 g/mol. The molecule has 0 unspecified atom stereocenters. The summed E-state index contributed by atoms with van der Waals surface area (Å²) in [6, 6.07) is 7.78. The van der Waals surface area contributed by atoms with Gasteiger partial charge in [-0.25, -0.2) is 0 Å². The SMILES string of the molecule is COc1ccc2c(c1)N(CC(=O)c1ccco1)C(=O)C2=O. The molecule has 1 amide bonds. The van der Waals surface area contributed by atoms with E-state index in [0.29, 0.717) is 11.4 Å². The van der Waals surface area contributed by atoms with Gasteiger partial charge in [0.05, 0.1) is 31.2 Å². The third-order valence-electron chi connectivity index (χ3n) is 3.28. The summed E-state index contributed by atoms with van der Waals surface area (Å²) in [5.74, 6) is -1.08. The van der Waals surface area contributed by atoms with Gasteiger partial charge in [-0.3, -0.25) is 19.3 Å². The Labute approximate surface area is 119 Å². The number of furan rings is 1. The Hall–Kier alpha value is -2.89. The van der Waals surface area contributed by atoms with Gasteiger partial charge in [0.15, 0.2) is 5.76 Å². The molecular formula is C15H11NO5. The summed E-state index contributed by atoms with van der Waals surface area (Å²) >= 11 is 0. The van der Waals surface area contributed by atoms with Crippen LogP contribution in [-0.4, -0.2) is 31.1 Å². The lowest BCUT2D eigenvalue weighted by molar-refractivity contribution is -0.114. The van der Waals surface area contributed by atoms with Crippen LogP contribution in [-0.2, 0) is 4.79 Å². The topological polar surface area (TPSA) is 76.8 Å². The Bertz CT molecular complexity index is 733. The molecule has 0 N–H and O–H groups in total. The van der Waals surface area contributed by atoms with E-state index in [4.69, 9.17) is 9.15 Å². The van der Waals surface area contributed by atoms with Crippen molar-refractivity contribution in [2.45, 2.75) is 0 Å². The van der Waals surface area contributed by atoms with Gasteiger partial charge in [0, 0.05) is 6.07 Å². The molecule has 2 aromatic rings. The Morgan fingerprint density at radius 1 is 1.29 bits per heavy atom. The largest absolute Gasteiger partial charge is 0.497 e. The number of methoxy groups -OCH3 is 1. The van der Waals surface area contributed by atoms with E-state index in [1.165, 1.54) is 25.5 Å². The number of hydrogen-bond donors (Lipinski definition) is 0. The molecule has 106 valence electrons. The summed E-state index contributed by atoms with van der Waals surface area (Å²) in [6.45, 7) is -0.252. The van der Waals surface area contributed by atoms with Crippen LogP contribution in [0.2, 0.25) is 0 Å². The predicted octanol–water partition coefficient (Wildman–Crippen LogP) is 1.70. The Balaban J connectivity index is 1.95. The van der Waals surface area contributed by atoms with E-state index in [1.54, 1.807) is 18.2 Å². The van der Waals surface area contributed by atoms with Gasteiger partial charge in [0.2, 0.25) is 5.78 Å². The van der Waals surface area contributed by atoms with Crippen molar-refractivity contribution in [3.8, 4) is 5.75 Å². The lowest BCUT2D eigenvalue weighted by atomic mass is 10.1. The highest BCUT2D eigenvalue weighted by Crippen LogP contribution is 2.32. The second-order valence-corrected chi connectivity index (χ2v) is 4.50. The molecule has 0 radical (unpaired) electrons. The lowest BCUT2D eigenvalue weighted by Crippen LogP contribution is -2.34. The first kappa shape index (κ1) is 13.1. The average Bonchev–Trinajstić information content (AvgIpc) is 3.11. The maximum Gasteiger partial charge on any atom is 0.299 e. The highest BCUT2D eigenvalue weighted by atomic mass is 16.5. The molecule has 2 heterocycles. The van der Waals surface area contributed by atoms with Gasteiger partial charge < -0.3 is 9.15 Å². The molecule has 1 aromatic carbocycles. The van der Waals surface area contributed by atoms with Crippen LogP contribution in [0.15, 0.2) is 41.0 Å². The first-order valence-electron chi connectivity index (χ1n) is 6.22. The molecule has 0 fully saturated rings. The van der Waals surface area contributed by atoms with Crippen molar-refractivity contribution in [3.63, 3.8) is 0 Å². The first-order chi connectivity index (χ1) is 10.1. The van der Waals surface area contributed by atoms with E-state index in [9.17, 15) is 14.4 Å². The molecule has 6 nitrogen and oxygen atoms in total. The molecular weight excluding hydrogens is 274 g/mol. The second kappa shape index (κ2) is 4.90. The van der Waals surface area contributed by atoms with Crippen molar-refractivity contribution in [1.29, 1.82) is 0 Å². The van der Waals surface area contributed by atoms with Crippen LogP contribution in [0.4, 0.5) is 5.69 Å². The van der Waals surface area contributed by atoms with Gasteiger partial charge in [-0.2, -0.15) is 0 Å². The molecule has 6 heteroatoms. The highest BCUT2D eigenvalue weighted by Gasteiger charge is 2.37. The molecule has 0 bridgehead atoms. The maximum atomic E-state index is 12.0. The Kier molecular flexibility index (Phi) is 3.06. The predicted molar refractivity (Wildman–Crippen MR) is 72.7 cm³/mol. The van der Waals surface area contributed by atoms with Crippen LogP contribution >= 0.6 is 0 Å². The molecule has 0 atom stereocenters. The van der Waals surface area contributed by atoms with Crippen molar-refractivity contribution >= 4 is 23.2 Å². The van der Waals surface area contributed by atoms with E-state index in [-0.39, 0.29) is 23.7 Å². The number of Topliss-reactive ketones (excluding diaryl/α,β-unsaturated/α-hetero) is 2. The van der Waals surface area contributed by atoms with Gasteiger partial charge in [-0.15, -0.1) is 0 Å². The molecule has 0 spiro atoms. The van der Waals surface area contributed by atoms with Crippen molar-refractivity contribution in [1.82, 2.24) is 0 Å². The van der Waals surface area contributed by atoms with Crippen LogP contribution in [0, 0.1) is 0 Å². The third-order valence-corrected chi connectivity index (χ3v) is 3.28. The van der Waals surface area contributed by atoms with Crippen LogP contribution in [0.3, 0.4) is 0 Å². The molecule has 1 aromatic heterocycles. The van der Waals surface area contributed by atoms with Gasteiger partial charge in [-0.1, -0.05) is 0 Å². The number of ketones is 2. The maximum absolute atomic E-state index is 12.0. The zero-order chi connectivity index (χ0) is 15.0. The number of fused-ring (bicyclic) bond motifs is 1. The van der Waals surface area contributed by atoms with E-state index < -0.39 is 11.7 Å². The Morgan fingerprint density at radius 3 is 2.76 bits per heavy atom. The van der Waals surface area contributed by atoms with Crippen molar-refractivity contribution in [2.75, 3.05) is 18.6 Å². The standard InChI is InChI=1S/C15H11NO5/c1-20-9-4-5-10-11(7-9)16(15(19)14(10)18)8-12(17)13-3-2-6-21-13/h2-7H,8H2,1H3. The van der Waals surface area contributed by atoms with Crippen molar-refractivity contribution in [2.24, 2.45) is 0 Å². The first-order valence-corrected chi connectivity index (χ1v) is 6.22.